The SMILES string of the molecule is CCCCC(NC(=O)Nc1ccc(OC)c(Br)c1)C(=O)O. The summed E-state index contributed by atoms with van der Waals surface area (Å²) in [5, 5.41) is 14.1. The third-order valence-electron chi connectivity index (χ3n) is 2.86. The van der Waals surface area contributed by atoms with Crippen LogP contribution in [0.5, 0.6) is 5.75 Å². The molecule has 0 spiro atoms. The Morgan fingerprint density at radius 3 is 2.67 bits per heavy atom. The second-order valence-corrected chi connectivity index (χ2v) is 5.34. The molecule has 3 N–H and O–H groups in total. The summed E-state index contributed by atoms with van der Waals surface area (Å²) in [6, 6.07) is 3.62. The van der Waals surface area contributed by atoms with E-state index in [1.807, 2.05) is 6.92 Å². The van der Waals surface area contributed by atoms with E-state index in [0.29, 0.717) is 22.3 Å². The molecule has 0 bridgehead atoms. The minimum atomic E-state index is -1.03. The Balaban J connectivity index is 2.63. The summed E-state index contributed by atoms with van der Waals surface area (Å²) >= 11 is 3.31. The van der Waals surface area contributed by atoms with E-state index < -0.39 is 18.0 Å². The zero-order chi connectivity index (χ0) is 15.8. The maximum Gasteiger partial charge on any atom is 0.326 e. The van der Waals surface area contributed by atoms with Crippen LogP contribution in [0.3, 0.4) is 0 Å². The third-order valence-corrected chi connectivity index (χ3v) is 3.48. The second-order valence-electron chi connectivity index (χ2n) is 4.48. The first kappa shape index (κ1) is 17.3. The number of urea groups is 1. The van der Waals surface area contributed by atoms with E-state index in [0.717, 1.165) is 12.8 Å². The number of anilines is 1. The molecule has 2 amide bonds. The molecular weight excluding hydrogens is 340 g/mol. The Morgan fingerprint density at radius 1 is 1.43 bits per heavy atom. The molecule has 0 aliphatic heterocycles. The van der Waals surface area contributed by atoms with Crippen LogP contribution in [-0.2, 0) is 4.79 Å². The highest BCUT2D eigenvalue weighted by molar-refractivity contribution is 9.10. The minimum Gasteiger partial charge on any atom is -0.496 e. The van der Waals surface area contributed by atoms with Gasteiger partial charge in [-0.3, -0.25) is 0 Å². The van der Waals surface area contributed by atoms with Crippen molar-refractivity contribution in [1.29, 1.82) is 0 Å². The van der Waals surface area contributed by atoms with Crippen molar-refractivity contribution in [2.75, 3.05) is 12.4 Å². The number of carboxylic acid groups (broad SMARTS) is 1. The van der Waals surface area contributed by atoms with Crippen molar-refractivity contribution >= 4 is 33.6 Å². The van der Waals surface area contributed by atoms with E-state index >= 15 is 0 Å². The summed E-state index contributed by atoms with van der Waals surface area (Å²) in [6.45, 7) is 1.97. The van der Waals surface area contributed by atoms with Crippen molar-refractivity contribution in [3.8, 4) is 5.75 Å². The van der Waals surface area contributed by atoms with Crippen molar-refractivity contribution in [3.63, 3.8) is 0 Å². The fourth-order valence-electron chi connectivity index (χ4n) is 1.74. The fraction of sp³-hybridized carbons (Fsp3) is 0.429. The number of methoxy groups -OCH3 is 1. The summed E-state index contributed by atoms with van der Waals surface area (Å²) in [5.41, 5.74) is 0.541. The Kier molecular flexibility index (Phi) is 7.01. The monoisotopic (exact) mass is 358 g/mol. The number of unbranched alkanes of at least 4 members (excludes halogenated alkanes) is 1. The van der Waals surface area contributed by atoms with Crippen LogP contribution in [0, 0.1) is 0 Å². The van der Waals surface area contributed by atoms with E-state index in [1.54, 1.807) is 25.3 Å². The van der Waals surface area contributed by atoms with Crippen LogP contribution in [0.2, 0.25) is 0 Å². The van der Waals surface area contributed by atoms with Gasteiger partial charge < -0.3 is 20.5 Å². The first-order chi connectivity index (χ1) is 9.97. The smallest absolute Gasteiger partial charge is 0.326 e. The Labute approximate surface area is 132 Å². The van der Waals surface area contributed by atoms with Gasteiger partial charge in [0.1, 0.15) is 11.8 Å². The maximum absolute atomic E-state index is 11.8. The number of benzene rings is 1. The molecule has 1 aromatic rings. The molecule has 21 heavy (non-hydrogen) atoms. The molecular formula is C14H19BrN2O4. The topological polar surface area (TPSA) is 87.7 Å². The molecule has 0 radical (unpaired) electrons. The van der Waals surface area contributed by atoms with Crippen LogP contribution in [0.1, 0.15) is 26.2 Å². The van der Waals surface area contributed by atoms with Gasteiger partial charge in [-0.1, -0.05) is 19.8 Å². The summed E-state index contributed by atoms with van der Waals surface area (Å²) in [6.07, 6.45) is 2.02. The molecule has 0 saturated carbocycles. The number of amides is 2. The molecule has 1 unspecified atom stereocenters. The molecule has 7 heteroatoms. The van der Waals surface area contributed by atoms with E-state index in [2.05, 4.69) is 26.6 Å². The summed E-state index contributed by atoms with van der Waals surface area (Å²) in [4.78, 5) is 22.9. The zero-order valence-electron chi connectivity index (χ0n) is 12.0. The van der Waals surface area contributed by atoms with Crippen molar-refractivity contribution in [2.45, 2.75) is 32.2 Å². The minimum absolute atomic E-state index is 0.408. The highest BCUT2D eigenvalue weighted by Crippen LogP contribution is 2.27. The van der Waals surface area contributed by atoms with Crippen LogP contribution in [0.25, 0.3) is 0 Å². The normalized spacial score (nSPS) is 11.6. The van der Waals surface area contributed by atoms with Gasteiger partial charge in [-0.25, -0.2) is 9.59 Å². The Hall–Kier alpha value is -1.76. The lowest BCUT2D eigenvalue weighted by atomic mass is 10.1. The number of nitrogens with one attached hydrogen (secondary N) is 2. The molecule has 0 fully saturated rings. The molecule has 1 atom stereocenters. The van der Waals surface area contributed by atoms with Crippen LogP contribution < -0.4 is 15.4 Å². The van der Waals surface area contributed by atoms with Crippen molar-refractivity contribution < 1.29 is 19.4 Å². The number of carbonyl (C=O) groups excluding carboxylic acids is 1. The van der Waals surface area contributed by atoms with Gasteiger partial charge in [0, 0.05) is 5.69 Å². The number of carbonyl (C=O) groups is 2. The van der Waals surface area contributed by atoms with E-state index in [1.165, 1.54) is 0 Å². The average molecular weight is 359 g/mol. The fourth-order valence-corrected chi connectivity index (χ4v) is 2.28. The summed E-state index contributed by atoms with van der Waals surface area (Å²) < 4.78 is 5.79. The number of ether oxygens (including phenoxy) is 1. The van der Waals surface area contributed by atoms with Crippen LogP contribution in [-0.4, -0.2) is 30.3 Å². The lowest BCUT2D eigenvalue weighted by Gasteiger charge is -2.15. The van der Waals surface area contributed by atoms with Gasteiger partial charge in [-0.2, -0.15) is 0 Å². The second kappa shape index (κ2) is 8.51. The zero-order valence-corrected chi connectivity index (χ0v) is 13.6. The molecule has 6 nitrogen and oxygen atoms in total. The van der Waals surface area contributed by atoms with Gasteiger partial charge in [-0.05, 0) is 40.5 Å². The van der Waals surface area contributed by atoms with E-state index in [4.69, 9.17) is 9.84 Å². The standard InChI is InChI=1S/C14H19BrN2O4/c1-3-4-5-11(13(18)19)17-14(20)16-9-6-7-12(21-2)10(15)8-9/h6-8,11H,3-5H2,1-2H3,(H,18,19)(H2,16,17,20). The largest absolute Gasteiger partial charge is 0.496 e. The van der Waals surface area contributed by atoms with Gasteiger partial charge >= 0.3 is 12.0 Å². The predicted molar refractivity (Wildman–Crippen MR) is 83.8 cm³/mol. The van der Waals surface area contributed by atoms with Gasteiger partial charge in [0.05, 0.1) is 11.6 Å². The number of rotatable bonds is 7. The van der Waals surface area contributed by atoms with Crippen LogP contribution >= 0.6 is 15.9 Å². The molecule has 1 rings (SSSR count). The van der Waals surface area contributed by atoms with Gasteiger partial charge in [-0.15, -0.1) is 0 Å². The molecule has 0 aliphatic carbocycles. The summed E-state index contributed by atoms with van der Waals surface area (Å²) in [5.74, 6) is -0.387. The third kappa shape index (κ3) is 5.63. The molecule has 0 aromatic heterocycles. The Morgan fingerprint density at radius 2 is 2.14 bits per heavy atom. The van der Waals surface area contributed by atoms with Gasteiger partial charge in [0.2, 0.25) is 0 Å². The molecule has 1 aromatic carbocycles. The quantitative estimate of drug-likeness (QED) is 0.698. The molecule has 0 heterocycles. The van der Waals surface area contributed by atoms with Crippen LogP contribution in [0.4, 0.5) is 10.5 Å². The number of aliphatic carboxylic acids is 1. The van der Waals surface area contributed by atoms with E-state index in [9.17, 15) is 9.59 Å². The lowest BCUT2D eigenvalue weighted by molar-refractivity contribution is -0.139. The van der Waals surface area contributed by atoms with Gasteiger partial charge in [0.25, 0.3) is 0 Å². The number of hydrogen-bond acceptors (Lipinski definition) is 3. The number of hydrogen-bond donors (Lipinski definition) is 3. The van der Waals surface area contributed by atoms with Crippen molar-refractivity contribution in [1.82, 2.24) is 5.32 Å². The maximum atomic E-state index is 11.8. The molecule has 116 valence electrons. The molecule has 0 saturated heterocycles. The first-order valence-corrected chi connectivity index (χ1v) is 7.41. The lowest BCUT2D eigenvalue weighted by Crippen LogP contribution is -2.42. The highest BCUT2D eigenvalue weighted by atomic mass is 79.9. The number of halogens is 1. The van der Waals surface area contributed by atoms with Crippen LogP contribution in [0.15, 0.2) is 22.7 Å². The predicted octanol–water partition coefficient (Wildman–Crippen LogP) is 3.22. The Bertz CT molecular complexity index is 508. The number of carboxylic acids is 1. The highest BCUT2D eigenvalue weighted by Gasteiger charge is 2.19. The van der Waals surface area contributed by atoms with Crippen molar-refractivity contribution in [2.24, 2.45) is 0 Å². The molecule has 0 aliphatic rings. The first-order valence-electron chi connectivity index (χ1n) is 6.61. The van der Waals surface area contributed by atoms with Gasteiger partial charge in [0.15, 0.2) is 0 Å². The summed E-state index contributed by atoms with van der Waals surface area (Å²) in [7, 11) is 1.55. The van der Waals surface area contributed by atoms with Crippen molar-refractivity contribution in [3.05, 3.63) is 22.7 Å². The average Bonchev–Trinajstić information content (AvgIpc) is 2.43. The van der Waals surface area contributed by atoms with E-state index in [-0.39, 0.29) is 0 Å².